The molecule has 0 aromatic heterocycles. The van der Waals surface area contributed by atoms with E-state index in [1.54, 1.807) is 7.11 Å². The number of aliphatic hydroxyl groups is 1. The lowest BCUT2D eigenvalue weighted by molar-refractivity contribution is -0.0481. The Morgan fingerprint density at radius 1 is 0.531 bits per heavy atom. The molecule has 3 atom stereocenters. The maximum atomic E-state index is 10.3. The van der Waals surface area contributed by atoms with E-state index < -0.39 is 6.10 Å². The molecule has 1 aliphatic heterocycles. The van der Waals surface area contributed by atoms with Crippen LogP contribution in [0.5, 0.6) is 0 Å². The molecular formula is C44H81NO4. The van der Waals surface area contributed by atoms with Crippen LogP contribution in [-0.2, 0) is 14.2 Å². The Balaban J connectivity index is 2.12. The fourth-order valence-corrected chi connectivity index (χ4v) is 6.48. The van der Waals surface area contributed by atoms with Crippen LogP contribution >= 0.6 is 0 Å². The molecule has 0 unspecified atom stereocenters. The van der Waals surface area contributed by atoms with Gasteiger partial charge in [-0.1, -0.05) is 140 Å². The average Bonchev–Trinajstić information content (AvgIpc) is 3.48. The summed E-state index contributed by atoms with van der Waals surface area (Å²) in [7, 11) is 1.64. The predicted octanol–water partition coefficient (Wildman–Crippen LogP) is 11.7. The zero-order valence-electron chi connectivity index (χ0n) is 32.7. The van der Waals surface area contributed by atoms with Gasteiger partial charge in [0.1, 0.15) is 0 Å². The minimum atomic E-state index is -0.468. The number of unbranched alkanes of at least 4 members (excludes halogenated alkanes) is 18. The molecule has 0 spiro atoms. The first kappa shape index (κ1) is 45.8. The number of aliphatic hydroxyl groups excluding tert-OH is 1. The Labute approximate surface area is 305 Å². The molecular weight excluding hydrogens is 606 g/mol. The molecule has 0 aromatic rings. The van der Waals surface area contributed by atoms with Crippen LogP contribution in [0.15, 0.2) is 48.6 Å². The van der Waals surface area contributed by atoms with Crippen LogP contribution in [0.1, 0.15) is 168 Å². The fraction of sp³-hybridized carbons (Fsp3) is 0.818. The van der Waals surface area contributed by atoms with Gasteiger partial charge in [0.2, 0.25) is 0 Å². The molecule has 1 aliphatic rings. The number of allylic oxidation sites excluding steroid dienone is 8. The van der Waals surface area contributed by atoms with Crippen LogP contribution in [-0.4, -0.2) is 74.9 Å². The normalized spacial score (nSPS) is 18.0. The molecule has 5 nitrogen and oxygen atoms in total. The molecule has 5 heteroatoms. The van der Waals surface area contributed by atoms with E-state index in [4.69, 9.17) is 14.2 Å². The van der Waals surface area contributed by atoms with Crippen molar-refractivity contribution in [3.63, 3.8) is 0 Å². The summed E-state index contributed by atoms with van der Waals surface area (Å²) in [6.45, 7) is 8.77. The second kappa shape index (κ2) is 36.5. The number of β-amino-alcohol motifs (C(OH)–C–C–N with tert-alkyl or cyclic N) is 1. The van der Waals surface area contributed by atoms with E-state index in [0.717, 1.165) is 52.0 Å². The SMILES string of the molecule is CCCCC/C=C\C/C=C\CCCCCCCCO[C@@H]1CN(C[C@@H](O)COC)C[C@H]1OCCCCCCCC/C=C\C/C=C\CCCCC. The Morgan fingerprint density at radius 3 is 1.29 bits per heavy atom. The van der Waals surface area contributed by atoms with Gasteiger partial charge in [-0.15, -0.1) is 0 Å². The van der Waals surface area contributed by atoms with Crippen molar-refractivity contribution < 1.29 is 19.3 Å². The first-order valence-corrected chi connectivity index (χ1v) is 20.9. The molecule has 0 bridgehead atoms. The molecule has 1 fully saturated rings. The van der Waals surface area contributed by atoms with Crippen molar-refractivity contribution in [1.82, 2.24) is 4.90 Å². The topological polar surface area (TPSA) is 51.2 Å². The van der Waals surface area contributed by atoms with Crippen molar-refractivity contribution in [2.75, 3.05) is 46.6 Å². The maximum absolute atomic E-state index is 10.3. The summed E-state index contributed by atoms with van der Waals surface area (Å²) in [5, 5.41) is 10.3. The van der Waals surface area contributed by atoms with E-state index in [2.05, 4.69) is 67.4 Å². The highest BCUT2D eigenvalue weighted by molar-refractivity contribution is 4.93. The second-order valence-electron chi connectivity index (χ2n) is 14.3. The third kappa shape index (κ3) is 30.1. The van der Waals surface area contributed by atoms with Gasteiger partial charge in [0.25, 0.3) is 0 Å². The minimum Gasteiger partial charge on any atom is -0.389 e. The van der Waals surface area contributed by atoms with Gasteiger partial charge >= 0.3 is 0 Å². The van der Waals surface area contributed by atoms with Gasteiger partial charge in [0, 0.05) is 40.0 Å². The summed E-state index contributed by atoms with van der Waals surface area (Å²) in [4.78, 5) is 2.29. The average molecular weight is 688 g/mol. The molecule has 0 aliphatic carbocycles. The van der Waals surface area contributed by atoms with Crippen molar-refractivity contribution in [2.24, 2.45) is 0 Å². The van der Waals surface area contributed by atoms with E-state index in [9.17, 15) is 5.11 Å². The molecule has 286 valence electrons. The first-order valence-electron chi connectivity index (χ1n) is 20.9. The molecule has 1 N–H and O–H groups in total. The maximum Gasteiger partial charge on any atom is 0.0975 e. The highest BCUT2D eigenvalue weighted by Crippen LogP contribution is 2.19. The van der Waals surface area contributed by atoms with Crippen LogP contribution in [0.3, 0.4) is 0 Å². The quantitative estimate of drug-likeness (QED) is 0.0525. The van der Waals surface area contributed by atoms with Gasteiger partial charge in [0.15, 0.2) is 0 Å². The summed E-state index contributed by atoms with van der Waals surface area (Å²) < 4.78 is 17.9. The molecule has 1 heterocycles. The van der Waals surface area contributed by atoms with Gasteiger partial charge in [-0.3, -0.25) is 4.90 Å². The van der Waals surface area contributed by atoms with Crippen LogP contribution in [0.4, 0.5) is 0 Å². The van der Waals surface area contributed by atoms with Crippen molar-refractivity contribution in [1.29, 1.82) is 0 Å². The van der Waals surface area contributed by atoms with E-state index in [0.29, 0.717) is 13.2 Å². The second-order valence-corrected chi connectivity index (χ2v) is 14.3. The minimum absolute atomic E-state index is 0.0947. The lowest BCUT2D eigenvalue weighted by atomic mass is 10.1. The number of hydrogen-bond donors (Lipinski definition) is 1. The first-order chi connectivity index (χ1) is 24.2. The van der Waals surface area contributed by atoms with E-state index in [-0.39, 0.29) is 12.2 Å². The molecule has 1 rings (SSSR count). The summed E-state index contributed by atoms with van der Waals surface area (Å²) in [6, 6.07) is 0. The lowest BCUT2D eigenvalue weighted by Gasteiger charge is -2.20. The van der Waals surface area contributed by atoms with Gasteiger partial charge in [-0.2, -0.15) is 0 Å². The molecule has 0 saturated carbocycles. The molecule has 0 aromatic carbocycles. The number of hydrogen-bond acceptors (Lipinski definition) is 5. The highest BCUT2D eigenvalue weighted by Gasteiger charge is 2.34. The monoisotopic (exact) mass is 688 g/mol. The molecule has 0 radical (unpaired) electrons. The summed E-state index contributed by atoms with van der Waals surface area (Å²) in [5.41, 5.74) is 0. The van der Waals surface area contributed by atoms with Crippen molar-refractivity contribution in [3.05, 3.63) is 48.6 Å². The number of ether oxygens (including phenoxy) is 3. The third-order valence-corrected chi connectivity index (χ3v) is 9.47. The van der Waals surface area contributed by atoms with E-state index in [1.165, 1.54) is 128 Å². The zero-order chi connectivity index (χ0) is 35.3. The molecule has 49 heavy (non-hydrogen) atoms. The van der Waals surface area contributed by atoms with Crippen LogP contribution < -0.4 is 0 Å². The van der Waals surface area contributed by atoms with E-state index >= 15 is 0 Å². The Kier molecular flexibility index (Phi) is 34.1. The standard InChI is InChI=1S/C44H81NO4/c1-4-6-8-10-12-14-16-18-20-22-24-26-28-30-32-34-36-48-43-39-45(38-42(46)41-47-3)40-44(43)49-37-35-33-31-29-27-25-23-21-19-17-15-13-11-9-7-5-2/h12-15,18-21,42-44,46H,4-11,16-17,22-41H2,1-3H3/b14-12-,15-13-,20-18-,21-19-/t42-,43-,44-/m1/s1. The number of methoxy groups -OCH3 is 1. The smallest absolute Gasteiger partial charge is 0.0975 e. The van der Waals surface area contributed by atoms with Crippen LogP contribution in [0.2, 0.25) is 0 Å². The molecule has 1 saturated heterocycles. The lowest BCUT2D eigenvalue weighted by Crippen LogP contribution is -2.34. The number of likely N-dealkylation sites (tertiary alicyclic amines) is 1. The number of rotatable bonds is 36. The summed E-state index contributed by atoms with van der Waals surface area (Å²) in [6.07, 6.45) is 48.6. The summed E-state index contributed by atoms with van der Waals surface area (Å²) in [5.74, 6) is 0. The van der Waals surface area contributed by atoms with Crippen molar-refractivity contribution in [2.45, 2.75) is 186 Å². The number of nitrogens with zero attached hydrogens (tertiary/aromatic N) is 1. The van der Waals surface area contributed by atoms with Crippen molar-refractivity contribution in [3.8, 4) is 0 Å². The van der Waals surface area contributed by atoms with Gasteiger partial charge < -0.3 is 19.3 Å². The van der Waals surface area contributed by atoms with Crippen LogP contribution in [0.25, 0.3) is 0 Å². The van der Waals surface area contributed by atoms with Gasteiger partial charge in [0.05, 0.1) is 24.9 Å². The Hall–Kier alpha value is -1.24. The van der Waals surface area contributed by atoms with Crippen molar-refractivity contribution >= 4 is 0 Å². The third-order valence-electron chi connectivity index (χ3n) is 9.47. The predicted molar refractivity (Wildman–Crippen MR) is 213 cm³/mol. The van der Waals surface area contributed by atoms with Crippen LogP contribution in [0, 0.1) is 0 Å². The van der Waals surface area contributed by atoms with Gasteiger partial charge in [-0.05, 0) is 77.0 Å². The largest absolute Gasteiger partial charge is 0.389 e. The van der Waals surface area contributed by atoms with E-state index in [1.807, 2.05) is 0 Å². The van der Waals surface area contributed by atoms with Gasteiger partial charge in [-0.25, -0.2) is 0 Å². The highest BCUT2D eigenvalue weighted by atomic mass is 16.5. The molecule has 0 amide bonds. The summed E-state index contributed by atoms with van der Waals surface area (Å²) >= 11 is 0. The Morgan fingerprint density at radius 2 is 0.898 bits per heavy atom. The Bertz CT molecular complexity index is 736. The fourth-order valence-electron chi connectivity index (χ4n) is 6.48. The zero-order valence-corrected chi connectivity index (χ0v) is 32.7.